The van der Waals surface area contributed by atoms with Crippen molar-refractivity contribution in [2.75, 3.05) is 50.8 Å². The lowest BCUT2D eigenvalue weighted by Gasteiger charge is -2.38. The van der Waals surface area contributed by atoms with E-state index in [1.165, 1.54) is 0 Å². The molecule has 0 bridgehead atoms. The van der Waals surface area contributed by atoms with E-state index >= 15 is 0 Å². The molecule has 114 valence electrons. The SMILES string of the molecule is O=C(C1COCCN1)N1CCN(c2ccccc2Cl)CC1. The van der Waals surface area contributed by atoms with Crippen molar-refractivity contribution >= 4 is 23.2 Å². The van der Waals surface area contributed by atoms with E-state index < -0.39 is 0 Å². The number of morpholine rings is 1. The number of halogens is 1. The van der Waals surface area contributed by atoms with Crippen LogP contribution in [0.2, 0.25) is 5.02 Å². The molecule has 0 spiro atoms. The standard InChI is InChI=1S/C15H20ClN3O2/c16-12-3-1-2-4-14(12)18-6-8-19(9-7-18)15(20)13-11-21-10-5-17-13/h1-4,13,17H,5-11H2. The molecule has 6 heteroatoms. The minimum Gasteiger partial charge on any atom is -0.378 e. The summed E-state index contributed by atoms with van der Waals surface area (Å²) in [7, 11) is 0. The molecule has 21 heavy (non-hydrogen) atoms. The summed E-state index contributed by atoms with van der Waals surface area (Å²) in [5.41, 5.74) is 1.05. The van der Waals surface area contributed by atoms with Gasteiger partial charge in [-0.05, 0) is 12.1 Å². The van der Waals surface area contributed by atoms with Crippen molar-refractivity contribution in [1.29, 1.82) is 0 Å². The van der Waals surface area contributed by atoms with Gasteiger partial charge in [0.1, 0.15) is 6.04 Å². The van der Waals surface area contributed by atoms with Gasteiger partial charge < -0.3 is 19.9 Å². The van der Waals surface area contributed by atoms with Gasteiger partial charge in [-0.25, -0.2) is 0 Å². The third kappa shape index (κ3) is 3.31. The molecule has 1 atom stereocenters. The van der Waals surface area contributed by atoms with Crippen molar-refractivity contribution in [3.8, 4) is 0 Å². The maximum atomic E-state index is 12.4. The van der Waals surface area contributed by atoms with Gasteiger partial charge in [-0.2, -0.15) is 0 Å². The Kier molecular flexibility index (Phi) is 4.63. The van der Waals surface area contributed by atoms with E-state index in [1.807, 2.05) is 29.2 Å². The third-order valence-corrected chi connectivity index (χ3v) is 4.32. The molecule has 1 N–H and O–H groups in total. The molecule has 2 aliphatic rings. The van der Waals surface area contributed by atoms with E-state index in [9.17, 15) is 4.79 Å². The average Bonchev–Trinajstić information content (AvgIpc) is 2.56. The van der Waals surface area contributed by atoms with E-state index in [2.05, 4.69) is 10.2 Å². The quantitative estimate of drug-likeness (QED) is 0.884. The van der Waals surface area contributed by atoms with Crippen LogP contribution < -0.4 is 10.2 Å². The van der Waals surface area contributed by atoms with E-state index in [-0.39, 0.29) is 11.9 Å². The summed E-state index contributed by atoms with van der Waals surface area (Å²) in [6, 6.07) is 7.65. The average molecular weight is 310 g/mol. The molecule has 2 saturated heterocycles. The second kappa shape index (κ2) is 6.64. The zero-order valence-corrected chi connectivity index (χ0v) is 12.7. The fraction of sp³-hybridized carbons (Fsp3) is 0.533. The molecule has 1 unspecified atom stereocenters. The minimum absolute atomic E-state index is 0.147. The highest BCUT2D eigenvalue weighted by Crippen LogP contribution is 2.26. The summed E-state index contributed by atoms with van der Waals surface area (Å²) in [4.78, 5) is 16.6. The van der Waals surface area contributed by atoms with Crippen LogP contribution in [0.5, 0.6) is 0 Å². The predicted molar refractivity (Wildman–Crippen MR) is 82.9 cm³/mol. The van der Waals surface area contributed by atoms with E-state index in [1.54, 1.807) is 0 Å². The Morgan fingerprint density at radius 1 is 1.24 bits per heavy atom. The number of piperazine rings is 1. The normalized spacial score (nSPS) is 23.2. The van der Waals surface area contributed by atoms with Gasteiger partial charge in [-0.1, -0.05) is 23.7 Å². The Morgan fingerprint density at radius 3 is 2.67 bits per heavy atom. The highest BCUT2D eigenvalue weighted by Gasteiger charge is 2.29. The lowest BCUT2D eigenvalue weighted by Crippen LogP contribution is -2.57. The number of carbonyl (C=O) groups is 1. The first-order chi connectivity index (χ1) is 10.3. The Hall–Kier alpha value is -1.30. The number of hydrogen-bond acceptors (Lipinski definition) is 4. The molecule has 1 aromatic carbocycles. The Labute approximate surface area is 129 Å². The summed E-state index contributed by atoms with van der Waals surface area (Å²) in [5.74, 6) is 0.147. The number of nitrogens with one attached hydrogen (secondary N) is 1. The molecule has 2 heterocycles. The number of amides is 1. The molecule has 0 saturated carbocycles. The minimum atomic E-state index is -0.189. The van der Waals surface area contributed by atoms with E-state index in [0.717, 1.165) is 43.4 Å². The van der Waals surface area contributed by atoms with Crippen LogP contribution in [-0.4, -0.2) is 62.8 Å². The first kappa shape index (κ1) is 14.6. The van der Waals surface area contributed by atoms with Crippen LogP contribution in [0.4, 0.5) is 5.69 Å². The van der Waals surface area contributed by atoms with Crippen molar-refractivity contribution in [2.45, 2.75) is 6.04 Å². The first-order valence-electron chi connectivity index (χ1n) is 7.35. The third-order valence-electron chi connectivity index (χ3n) is 4.00. The smallest absolute Gasteiger partial charge is 0.242 e. The number of para-hydroxylation sites is 1. The van der Waals surface area contributed by atoms with Gasteiger partial charge in [0, 0.05) is 32.7 Å². The Morgan fingerprint density at radius 2 is 2.00 bits per heavy atom. The lowest BCUT2D eigenvalue weighted by molar-refractivity contribution is -0.136. The van der Waals surface area contributed by atoms with Crippen molar-refractivity contribution in [3.05, 3.63) is 29.3 Å². The maximum Gasteiger partial charge on any atom is 0.242 e. The molecule has 0 aliphatic carbocycles. The summed E-state index contributed by atoms with van der Waals surface area (Å²) in [6.45, 7) is 4.97. The molecule has 0 radical (unpaired) electrons. The zero-order valence-electron chi connectivity index (χ0n) is 11.9. The van der Waals surface area contributed by atoms with Crippen LogP contribution in [0.3, 0.4) is 0 Å². The number of anilines is 1. The van der Waals surface area contributed by atoms with E-state index in [0.29, 0.717) is 13.2 Å². The molecule has 5 nitrogen and oxygen atoms in total. The molecular weight excluding hydrogens is 290 g/mol. The van der Waals surface area contributed by atoms with Crippen LogP contribution >= 0.6 is 11.6 Å². The summed E-state index contributed by atoms with van der Waals surface area (Å²) >= 11 is 6.23. The molecule has 1 amide bonds. The highest BCUT2D eigenvalue weighted by molar-refractivity contribution is 6.33. The Balaban J connectivity index is 1.57. The summed E-state index contributed by atoms with van der Waals surface area (Å²) < 4.78 is 5.36. The molecular formula is C15H20ClN3O2. The van der Waals surface area contributed by atoms with Crippen LogP contribution in [-0.2, 0) is 9.53 Å². The number of benzene rings is 1. The number of nitrogens with zero attached hydrogens (tertiary/aromatic N) is 2. The summed E-state index contributed by atoms with van der Waals surface area (Å²) in [6.07, 6.45) is 0. The molecule has 3 rings (SSSR count). The largest absolute Gasteiger partial charge is 0.378 e. The second-order valence-electron chi connectivity index (χ2n) is 5.35. The molecule has 0 aromatic heterocycles. The lowest BCUT2D eigenvalue weighted by atomic mass is 10.2. The predicted octanol–water partition coefficient (Wildman–Crippen LogP) is 0.977. The van der Waals surface area contributed by atoms with Crippen LogP contribution in [0.1, 0.15) is 0 Å². The van der Waals surface area contributed by atoms with Gasteiger partial charge in [0.05, 0.1) is 23.9 Å². The van der Waals surface area contributed by atoms with Gasteiger partial charge in [0.15, 0.2) is 0 Å². The van der Waals surface area contributed by atoms with Gasteiger partial charge in [0.2, 0.25) is 5.91 Å². The monoisotopic (exact) mass is 309 g/mol. The number of ether oxygens (including phenoxy) is 1. The first-order valence-corrected chi connectivity index (χ1v) is 7.73. The summed E-state index contributed by atoms with van der Waals surface area (Å²) in [5, 5.41) is 3.98. The van der Waals surface area contributed by atoms with Gasteiger partial charge in [-0.15, -0.1) is 0 Å². The highest BCUT2D eigenvalue weighted by atomic mass is 35.5. The van der Waals surface area contributed by atoms with Crippen molar-refractivity contribution in [3.63, 3.8) is 0 Å². The van der Waals surface area contributed by atoms with Gasteiger partial charge >= 0.3 is 0 Å². The number of carbonyl (C=O) groups excluding carboxylic acids is 1. The fourth-order valence-electron chi connectivity index (χ4n) is 2.82. The van der Waals surface area contributed by atoms with Crippen molar-refractivity contribution in [2.24, 2.45) is 0 Å². The fourth-order valence-corrected chi connectivity index (χ4v) is 3.08. The molecule has 2 aliphatic heterocycles. The molecule has 1 aromatic rings. The van der Waals surface area contributed by atoms with Crippen molar-refractivity contribution < 1.29 is 9.53 Å². The number of rotatable bonds is 2. The van der Waals surface area contributed by atoms with Crippen LogP contribution in [0.15, 0.2) is 24.3 Å². The zero-order chi connectivity index (χ0) is 14.7. The molecule has 2 fully saturated rings. The number of hydrogen-bond donors (Lipinski definition) is 1. The second-order valence-corrected chi connectivity index (χ2v) is 5.75. The van der Waals surface area contributed by atoms with Crippen molar-refractivity contribution in [1.82, 2.24) is 10.2 Å². The van der Waals surface area contributed by atoms with E-state index in [4.69, 9.17) is 16.3 Å². The van der Waals surface area contributed by atoms with Gasteiger partial charge in [0.25, 0.3) is 0 Å². The topological polar surface area (TPSA) is 44.8 Å². The Bertz CT molecular complexity index is 497. The van der Waals surface area contributed by atoms with Crippen LogP contribution in [0.25, 0.3) is 0 Å². The maximum absolute atomic E-state index is 12.4. The van der Waals surface area contributed by atoms with Crippen LogP contribution in [0, 0.1) is 0 Å². The van der Waals surface area contributed by atoms with Gasteiger partial charge in [-0.3, -0.25) is 4.79 Å².